The zero-order valence-electron chi connectivity index (χ0n) is 48.8. The summed E-state index contributed by atoms with van der Waals surface area (Å²) in [4.78, 5) is 26.9. The van der Waals surface area contributed by atoms with Gasteiger partial charge in [0.2, 0.25) is 17.7 Å². The van der Waals surface area contributed by atoms with E-state index in [9.17, 15) is 116 Å². The van der Waals surface area contributed by atoms with E-state index in [1.54, 1.807) is 0 Å². The molecule has 0 amide bonds. The molecule has 10 N–H and O–H groups in total. The van der Waals surface area contributed by atoms with Crippen LogP contribution in [0, 0.1) is 0 Å². The summed E-state index contributed by atoms with van der Waals surface area (Å²) in [6.07, 6.45) is -56.0. The fourth-order valence-corrected chi connectivity index (χ4v) is 13.5. The summed E-state index contributed by atoms with van der Waals surface area (Å²) in [6, 6.07) is 0. The molecule has 57 heteroatoms. The Bertz CT molecular complexity index is 3470. The number of hydrogen-bond donors (Lipinski definition) is 10. The quantitative estimate of drug-likeness (QED) is 0.0268. The summed E-state index contributed by atoms with van der Waals surface area (Å²) in [6.45, 7) is -6.07. The minimum Gasteiger partial charge on any atom is -0.479 e. The molecular weight excluding hydrogens is 1480 g/mol. The molecule has 0 aromatic heterocycles. The number of methoxy groups -OCH3 is 7. The lowest BCUT2D eigenvalue weighted by Crippen LogP contribution is -2.82. The fourth-order valence-electron chi connectivity index (χ4n) is 10.7. The van der Waals surface area contributed by atoms with Gasteiger partial charge in [-0.2, -0.15) is 58.9 Å². The van der Waals surface area contributed by atoms with Crippen molar-refractivity contribution in [2.45, 2.75) is 153 Å². The highest BCUT2D eigenvalue weighted by Gasteiger charge is 2.75. The summed E-state index contributed by atoms with van der Waals surface area (Å²) in [5.41, 5.74) is -3.54. The molecule has 50 nitrogen and oxygen atoms in total. The molecule has 2 bridgehead atoms. The van der Waals surface area contributed by atoms with Gasteiger partial charge in [0.15, 0.2) is 43.5 Å². The minimum atomic E-state index is -6.25. The highest BCUT2D eigenvalue weighted by atomic mass is 32.3. The number of hydrogen-bond acceptors (Lipinski definition) is 41. The number of rotatable bonds is 34. The molecule has 556 valence electrons. The van der Waals surface area contributed by atoms with E-state index in [-0.39, 0.29) is 0 Å². The van der Waals surface area contributed by atoms with Crippen molar-refractivity contribution in [1.29, 1.82) is 0 Å². The summed E-state index contributed by atoms with van der Waals surface area (Å²) in [5, 5.41) is 34.1. The first-order chi connectivity index (χ1) is 43.6. The van der Waals surface area contributed by atoms with Gasteiger partial charge in [-0.3, -0.25) is 31.9 Å². The number of ether oxygens (including phenoxy) is 17. The van der Waals surface area contributed by atoms with Crippen molar-refractivity contribution in [2.24, 2.45) is 0 Å². The molecule has 0 radical (unpaired) electrons. The Balaban J connectivity index is 1.45. The standard InChI is InChI=1S/C38H62O50S7/c1-65-15-12(8-73-89(44,45)46)77-32(24(68-4)18(15)66-2)80-20-19(67-3)25(69-5)33(81-23(20)30(39)40)79-16-13(9-74-90(47,48)49)78-34(27(88-95(62,63)64)21(16)85-92(53,54)55)83-28-29(70-6)38(43)36(84-37(28,11-72-38)35(41)42)82-17-14(10-75-91(50,51)52)76-31(71-7)26(87-94(59,60)61)22(17)86-93(56,57)58/h12-29,31-34,36,43H,8-11H2,1-7H3,(H,39,40)(H,41,42)(H,44,45,46)(H,47,48,49)(H,50,51,52)(H,53,54,55)(H,56,57,58)(H,59,60,61)(H,62,63,64)/t12-,13-,14-,15-,16-,17-,18+,19+,20+,21+,22+,23+,24-,25-,26-,27-,28+,29+,31+,32-,33-,34-,36-,37+,38+/m1/s1. The molecule has 0 aromatic carbocycles. The van der Waals surface area contributed by atoms with E-state index < -0.39 is 264 Å². The molecule has 0 aliphatic carbocycles. The zero-order chi connectivity index (χ0) is 71.7. The van der Waals surface area contributed by atoms with Crippen LogP contribution in [0.4, 0.5) is 0 Å². The third kappa shape index (κ3) is 20.3. The fraction of sp³-hybridized carbons (Fsp3) is 0.947. The van der Waals surface area contributed by atoms with Gasteiger partial charge in [0.05, 0.1) is 26.4 Å². The predicted octanol–water partition coefficient (Wildman–Crippen LogP) is -8.64. The van der Waals surface area contributed by atoms with Crippen LogP contribution in [0.25, 0.3) is 0 Å². The van der Waals surface area contributed by atoms with Crippen LogP contribution >= 0.6 is 0 Å². The van der Waals surface area contributed by atoms with Crippen molar-refractivity contribution >= 4 is 84.7 Å². The van der Waals surface area contributed by atoms with Crippen molar-refractivity contribution in [3.8, 4) is 0 Å². The van der Waals surface area contributed by atoms with Crippen LogP contribution in [0.2, 0.25) is 0 Å². The molecule has 0 spiro atoms. The smallest absolute Gasteiger partial charge is 0.397 e. The summed E-state index contributed by atoms with van der Waals surface area (Å²) in [5.74, 6) is -8.08. The van der Waals surface area contributed by atoms with Crippen molar-refractivity contribution < 1.29 is 226 Å². The van der Waals surface area contributed by atoms with Crippen LogP contribution in [0.5, 0.6) is 0 Å². The minimum absolute atomic E-state index is 0.574. The lowest BCUT2D eigenvalue weighted by atomic mass is 9.81. The zero-order valence-corrected chi connectivity index (χ0v) is 54.5. The van der Waals surface area contributed by atoms with Crippen molar-refractivity contribution in [3.05, 3.63) is 0 Å². The maximum absolute atomic E-state index is 13.7. The van der Waals surface area contributed by atoms with E-state index >= 15 is 0 Å². The van der Waals surface area contributed by atoms with Crippen LogP contribution < -0.4 is 0 Å². The van der Waals surface area contributed by atoms with Gasteiger partial charge in [-0.1, -0.05) is 0 Å². The average Bonchev–Trinajstić information content (AvgIpc) is 0.701. The van der Waals surface area contributed by atoms with E-state index in [0.29, 0.717) is 14.2 Å². The molecule has 7 rings (SSSR count). The van der Waals surface area contributed by atoms with Gasteiger partial charge < -0.3 is 95.8 Å². The van der Waals surface area contributed by atoms with E-state index in [0.717, 1.165) is 35.5 Å². The monoisotopic (exact) mass is 1540 g/mol. The van der Waals surface area contributed by atoms with Crippen molar-refractivity contribution in [3.63, 3.8) is 0 Å². The third-order valence-corrected chi connectivity index (χ3v) is 17.4. The van der Waals surface area contributed by atoms with Crippen LogP contribution in [-0.2, 0) is 192 Å². The largest absolute Gasteiger partial charge is 0.479 e. The van der Waals surface area contributed by atoms with Crippen LogP contribution in [-0.4, -0.2) is 347 Å². The second-order valence-electron chi connectivity index (χ2n) is 19.9. The van der Waals surface area contributed by atoms with E-state index in [4.69, 9.17) is 88.9 Å². The van der Waals surface area contributed by atoms with E-state index in [2.05, 4.69) is 20.9 Å². The number of fused-ring (bicyclic) bond motifs is 3. The Morgan fingerprint density at radius 1 is 0.389 bits per heavy atom. The molecule has 0 saturated carbocycles. The van der Waals surface area contributed by atoms with Gasteiger partial charge in [-0.15, -0.1) is 0 Å². The SMILES string of the molecule is CO[C@H]1O[C@H](COS(=O)(=O)O)[C@@H](O[C@@H]2O[C@@]3(C(=O)O)CO[C@@]2(O)[C@@H](OC)[C@@H]3O[C@H]2O[C@H](COS(=O)(=O)O)[C@@H](O[C@@H]3O[C@H](C(=O)O)[C@@H](O[C@H]4O[C@H](COS(=O)(=O)O)[C@@H](OC)[C@H](OC)[C@H]4OC)[C@H](OC)[C@H]3OC)[C@H](OS(=O)(=O)O)[C@H]2OS(=O)(=O)O)[C@H](OS(=O)(=O)O)[C@H]1OS(=O)(=O)O. The predicted molar refractivity (Wildman–Crippen MR) is 278 cm³/mol. The number of carboxylic acid groups (broad SMARTS) is 2. The van der Waals surface area contributed by atoms with Gasteiger partial charge in [-0.05, 0) is 0 Å². The maximum atomic E-state index is 13.7. The summed E-state index contributed by atoms with van der Waals surface area (Å²) >= 11 is 0. The van der Waals surface area contributed by atoms with Crippen LogP contribution in [0.15, 0.2) is 0 Å². The molecule has 7 aliphatic rings. The molecule has 0 unspecified atom stereocenters. The Kier molecular flexibility index (Phi) is 26.8. The van der Waals surface area contributed by atoms with Gasteiger partial charge in [-0.25, -0.2) is 38.9 Å². The normalized spacial score (nSPS) is 39.4. The van der Waals surface area contributed by atoms with Gasteiger partial charge in [0.1, 0.15) is 91.6 Å². The molecule has 7 aliphatic heterocycles. The molecule has 7 fully saturated rings. The second-order valence-corrected chi connectivity index (χ2v) is 27.4. The number of carbonyl (C=O) groups is 2. The summed E-state index contributed by atoms with van der Waals surface area (Å²) in [7, 11) is -34.7. The Labute approximate surface area is 537 Å². The Morgan fingerprint density at radius 2 is 0.747 bits per heavy atom. The summed E-state index contributed by atoms with van der Waals surface area (Å²) < 4.78 is 366. The van der Waals surface area contributed by atoms with E-state index in [1.807, 2.05) is 0 Å². The molecule has 7 saturated heterocycles. The van der Waals surface area contributed by atoms with Crippen LogP contribution in [0.1, 0.15) is 0 Å². The first-order valence-electron chi connectivity index (χ1n) is 25.5. The van der Waals surface area contributed by atoms with Crippen molar-refractivity contribution in [1.82, 2.24) is 0 Å². The Morgan fingerprint density at radius 3 is 1.13 bits per heavy atom. The topological polar surface area (TPSA) is 697 Å². The maximum Gasteiger partial charge on any atom is 0.397 e. The lowest BCUT2D eigenvalue weighted by Gasteiger charge is -2.59. The number of carboxylic acids is 2. The van der Waals surface area contributed by atoms with Gasteiger partial charge in [0.25, 0.3) is 0 Å². The highest BCUT2D eigenvalue weighted by Crippen LogP contribution is 2.49. The van der Waals surface area contributed by atoms with Crippen molar-refractivity contribution in [2.75, 3.05) is 76.2 Å². The average molecular weight is 1540 g/mol. The highest BCUT2D eigenvalue weighted by molar-refractivity contribution is 7.82. The molecular formula is C38H62O50S7. The first kappa shape index (κ1) is 81.3. The third-order valence-electron chi connectivity index (χ3n) is 14.3. The molecule has 95 heavy (non-hydrogen) atoms. The number of aliphatic hydroxyl groups is 1. The lowest BCUT2D eigenvalue weighted by molar-refractivity contribution is -0.496. The van der Waals surface area contributed by atoms with Crippen LogP contribution in [0.3, 0.4) is 0 Å². The van der Waals surface area contributed by atoms with Gasteiger partial charge in [0, 0.05) is 49.8 Å². The molecule has 25 atom stereocenters. The second kappa shape index (κ2) is 31.3. The Hall–Kier alpha value is -2.69. The first-order valence-corrected chi connectivity index (χ1v) is 35.1. The van der Waals surface area contributed by atoms with Gasteiger partial charge >= 0.3 is 84.7 Å². The molecule has 7 heterocycles. The number of aliphatic carboxylic acids is 2. The van der Waals surface area contributed by atoms with E-state index in [1.165, 1.54) is 0 Å². The molecule has 0 aromatic rings.